The molecule has 0 aliphatic heterocycles. The Balaban J connectivity index is 1.73. The van der Waals surface area contributed by atoms with Crippen molar-refractivity contribution in [2.24, 2.45) is 0 Å². The molecule has 0 aliphatic carbocycles. The topological polar surface area (TPSA) is 72.2 Å². The molecule has 0 saturated heterocycles. The van der Waals surface area contributed by atoms with Crippen LogP contribution in [0.4, 0.5) is 5.69 Å². The fraction of sp³-hybridized carbons (Fsp3) is 0.100. The average Bonchev–Trinajstić information content (AvgIpc) is 3.09. The molecule has 1 amide bonds. The summed E-state index contributed by atoms with van der Waals surface area (Å²) < 4.78 is 1.62. The molecule has 0 bridgehead atoms. The highest BCUT2D eigenvalue weighted by Gasteiger charge is 2.18. The molecular weight excluding hydrogens is 362 g/mol. The van der Waals surface area contributed by atoms with E-state index >= 15 is 0 Å². The first kappa shape index (κ1) is 17.2. The van der Waals surface area contributed by atoms with Crippen molar-refractivity contribution in [2.45, 2.75) is 13.8 Å². The predicted molar refractivity (Wildman–Crippen MR) is 105 cm³/mol. The van der Waals surface area contributed by atoms with Gasteiger partial charge in [0.25, 0.3) is 5.91 Å². The van der Waals surface area contributed by atoms with Gasteiger partial charge in [0.2, 0.25) is 0 Å². The fourth-order valence-corrected chi connectivity index (χ4v) is 3.11. The summed E-state index contributed by atoms with van der Waals surface area (Å²) in [4.78, 5) is 12.7. The molecule has 0 spiro atoms. The third kappa shape index (κ3) is 3.15. The highest BCUT2D eigenvalue weighted by atomic mass is 35.5. The van der Waals surface area contributed by atoms with Gasteiger partial charge in [-0.25, -0.2) is 4.52 Å². The first-order chi connectivity index (χ1) is 13.0. The van der Waals surface area contributed by atoms with Gasteiger partial charge in [0, 0.05) is 16.3 Å². The zero-order valence-corrected chi connectivity index (χ0v) is 15.5. The van der Waals surface area contributed by atoms with Gasteiger partial charge in [-0.15, -0.1) is 10.2 Å². The SMILES string of the molecule is Cc1ccccc1NC(=O)c1nnc2c(-c3cccc(Cl)c3)cnn2c1C. The lowest BCUT2D eigenvalue weighted by molar-refractivity contribution is 0.102. The lowest BCUT2D eigenvalue weighted by atomic mass is 10.1. The van der Waals surface area contributed by atoms with Crippen molar-refractivity contribution < 1.29 is 4.79 Å². The molecule has 4 aromatic rings. The van der Waals surface area contributed by atoms with E-state index in [0.29, 0.717) is 16.4 Å². The van der Waals surface area contributed by atoms with Crippen LogP contribution < -0.4 is 5.32 Å². The zero-order chi connectivity index (χ0) is 19.0. The maximum Gasteiger partial charge on any atom is 0.278 e. The number of para-hydroxylation sites is 1. The number of fused-ring (bicyclic) bond motifs is 1. The lowest BCUT2D eigenvalue weighted by Crippen LogP contribution is -2.19. The van der Waals surface area contributed by atoms with E-state index in [0.717, 1.165) is 22.4 Å². The Morgan fingerprint density at radius 3 is 2.67 bits per heavy atom. The Morgan fingerprint density at radius 2 is 1.89 bits per heavy atom. The number of aromatic nitrogens is 4. The van der Waals surface area contributed by atoms with Crippen molar-refractivity contribution in [3.8, 4) is 11.1 Å². The summed E-state index contributed by atoms with van der Waals surface area (Å²) in [7, 11) is 0. The number of amides is 1. The van der Waals surface area contributed by atoms with E-state index in [-0.39, 0.29) is 11.6 Å². The highest BCUT2D eigenvalue weighted by Crippen LogP contribution is 2.26. The Labute approximate surface area is 160 Å². The van der Waals surface area contributed by atoms with E-state index in [9.17, 15) is 4.79 Å². The molecule has 2 aromatic heterocycles. The molecule has 0 atom stereocenters. The maximum atomic E-state index is 12.7. The standard InChI is InChI=1S/C20H16ClN5O/c1-12-6-3-4-9-17(12)23-20(27)18-13(2)26-19(25-24-18)16(11-22-26)14-7-5-8-15(21)10-14/h3-11H,1-2H3,(H,23,27). The Bertz CT molecular complexity index is 1170. The van der Waals surface area contributed by atoms with Gasteiger partial charge in [-0.3, -0.25) is 4.79 Å². The number of hydrogen-bond donors (Lipinski definition) is 1. The fourth-order valence-electron chi connectivity index (χ4n) is 2.92. The van der Waals surface area contributed by atoms with E-state index in [2.05, 4.69) is 20.6 Å². The molecule has 0 saturated carbocycles. The van der Waals surface area contributed by atoms with Crippen LogP contribution in [0.25, 0.3) is 16.8 Å². The normalized spacial score (nSPS) is 10.9. The van der Waals surface area contributed by atoms with E-state index in [1.807, 2.05) is 55.5 Å². The zero-order valence-electron chi connectivity index (χ0n) is 14.8. The molecule has 27 heavy (non-hydrogen) atoms. The summed E-state index contributed by atoms with van der Waals surface area (Å²) in [5.74, 6) is -0.323. The number of aryl methyl sites for hydroxylation is 2. The second-order valence-corrected chi connectivity index (χ2v) is 6.64. The average molecular weight is 378 g/mol. The van der Waals surface area contributed by atoms with Crippen LogP contribution in [0, 0.1) is 13.8 Å². The minimum Gasteiger partial charge on any atom is -0.320 e. The van der Waals surface area contributed by atoms with Crippen LogP contribution in [-0.4, -0.2) is 25.7 Å². The van der Waals surface area contributed by atoms with Crippen molar-refractivity contribution in [3.63, 3.8) is 0 Å². The minimum absolute atomic E-state index is 0.228. The number of halogens is 1. The van der Waals surface area contributed by atoms with Crippen LogP contribution in [0.15, 0.2) is 54.7 Å². The molecule has 2 heterocycles. The van der Waals surface area contributed by atoms with Gasteiger partial charge in [-0.2, -0.15) is 5.10 Å². The van der Waals surface area contributed by atoms with Crippen molar-refractivity contribution >= 4 is 28.8 Å². The third-order valence-corrected chi connectivity index (χ3v) is 4.63. The molecule has 0 radical (unpaired) electrons. The van der Waals surface area contributed by atoms with E-state index in [4.69, 9.17) is 11.6 Å². The number of nitrogens with one attached hydrogen (secondary N) is 1. The summed E-state index contributed by atoms with van der Waals surface area (Å²) in [5, 5.41) is 16.3. The van der Waals surface area contributed by atoms with Gasteiger partial charge in [0.05, 0.1) is 11.9 Å². The highest BCUT2D eigenvalue weighted by molar-refractivity contribution is 6.30. The van der Waals surface area contributed by atoms with E-state index < -0.39 is 0 Å². The van der Waals surface area contributed by atoms with Crippen LogP contribution in [0.2, 0.25) is 5.02 Å². The van der Waals surface area contributed by atoms with Gasteiger partial charge in [-0.1, -0.05) is 41.9 Å². The number of hydrogen-bond acceptors (Lipinski definition) is 4. The molecule has 0 unspecified atom stereocenters. The van der Waals surface area contributed by atoms with Gasteiger partial charge in [0.15, 0.2) is 11.3 Å². The molecule has 2 aromatic carbocycles. The van der Waals surface area contributed by atoms with Crippen LogP contribution in [0.1, 0.15) is 21.7 Å². The van der Waals surface area contributed by atoms with Gasteiger partial charge in [0.1, 0.15) is 0 Å². The first-order valence-electron chi connectivity index (χ1n) is 8.38. The van der Waals surface area contributed by atoms with Crippen molar-refractivity contribution in [1.82, 2.24) is 19.8 Å². The minimum atomic E-state index is -0.323. The number of anilines is 1. The number of nitrogens with zero attached hydrogens (tertiary/aromatic N) is 4. The molecule has 0 fully saturated rings. The number of carbonyl (C=O) groups excluding carboxylic acids is 1. The van der Waals surface area contributed by atoms with Crippen molar-refractivity contribution in [2.75, 3.05) is 5.32 Å². The summed E-state index contributed by atoms with van der Waals surface area (Å²) in [5.41, 5.74) is 4.82. The van der Waals surface area contributed by atoms with Gasteiger partial charge >= 0.3 is 0 Å². The molecule has 134 valence electrons. The van der Waals surface area contributed by atoms with Crippen molar-refractivity contribution in [3.05, 3.63) is 76.7 Å². The number of carbonyl (C=O) groups is 1. The van der Waals surface area contributed by atoms with E-state index in [1.165, 1.54) is 0 Å². The largest absolute Gasteiger partial charge is 0.320 e. The molecule has 6 nitrogen and oxygen atoms in total. The summed E-state index contributed by atoms with van der Waals surface area (Å²) in [6.45, 7) is 3.73. The Morgan fingerprint density at radius 1 is 1.07 bits per heavy atom. The molecule has 0 aliphatic rings. The summed E-state index contributed by atoms with van der Waals surface area (Å²) in [6.07, 6.45) is 1.70. The Kier molecular flexibility index (Phi) is 4.33. The van der Waals surface area contributed by atoms with Crippen molar-refractivity contribution in [1.29, 1.82) is 0 Å². The lowest BCUT2D eigenvalue weighted by Gasteiger charge is -2.09. The summed E-state index contributed by atoms with van der Waals surface area (Å²) in [6, 6.07) is 15.0. The quantitative estimate of drug-likeness (QED) is 0.577. The number of rotatable bonds is 3. The van der Waals surface area contributed by atoms with E-state index in [1.54, 1.807) is 17.6 Å². The van der Waals surface area contributed by atoms with Crippen LogP contribution in [-0.2, 0) is 0 Å². The monoisotopic (exact) mass is 377 g/mol. The molecule has 4 rings (SSSR count). The maximum absolute atomic E-state index is 12.7. The second-order valence-electron chi connectivity index (χ2n) is 6.21. The smallest absolute Gasteiger partial charge is 0.278 e. The van der Waals surface area contributed by atoms with Gasteiger partial charge in [-0.05, 0) is 43.2 Å². The second kappa shape index (κ2) is 6.81. The Hall–Kier alpha value is -3.25. The predicted octanol–water partition coefficient (Wildman–Crippen LogP) is 4.31. The molecule has 1 N–H and O–H groups in total. The number of benzene rings is 2. The van der Waals surface area contributed by atoms with Gasteiger partial charge < -0.3 is 5.32 Å². The molecule has 7 heteroatoms. The third-order valence-electron chi connectivity index (χ3n) is 4.39. The first-order valence-corrected chi connectivity index (χ1v) is 8.76. The summed E-state index contributed by atoms with van der Waals surface area (Å²) >= 11 is 6.08. The van der Waals surface area contributed by atoms with Crippen LogP contribution in [0.3, 0.4) is 0 Å². The van der Waals surface area contributed by atoms with Crippen LogP contribution in [0.5, 0.6) is 0 Å². The van der Waals surface area contributed by atoms with Crippen LogP contribution >= 0.6 is 11.6 Å². The molecular formula is C20H16ClN5O.